The first-order chi connectivity index (χ1) is 12.8. The molecule has 2 amide bonds. The average Bonchev–Trinajstić information content (AvgIpc) is 2.90. The van der Waals surface area contributed by atoms with Crippen molar-refractivity contribution in [2.75, 3.05) is 12.0 Å². The van der Waals surface area contributed by atoms with Crippen LogP contribution in [0, 0.1) is 25.5 Å². The van der Waals surface area contributed by atoms with Crippen molar-refractivity contribution in [2.24, 2.45) is 0 Å². The topological polar surface area (TPSA) is 93.1 Å². The van der Waals surface area contributed by atoms with Crippen molar-refractivity contribution >= 4 is 33.4 Å². The van der Waals surface area contributed by atoms with Gasteiger partial charge in [-0.25, -0.2) is 18.4 Å². The number of carbonyl (C=O) groups excluding carboxylic acids is 2. The van der Waals surface area contributed by atoms with E-state index in [2.05, 4.69) is 15.7 Å². The van der Waals surface area contributed by atoms with Gasteiger partial charge in [-0.05, 0) is 31.5 Å². The number of hydrogen-bond acceptors (Lipinski definition) is 5. The van der Waals surface area contributed by atoms with Crippen LogP contribution < -0.4 is 16.3 Å². The summed E-state index contributed by atoms with van der Waals surface area (Å²) in [4.78, 5) is 42.0. The largest absolute Gasteiger partial charge is 0.343 e. The standard InChI is InChI=1S/C17H14F2N4O3S/c1-8-9(2)27-16-14(8)17(26)23(7-21-16)22-13(24)6-20-15(25)11-4-3-10(18)5-12(11)19/h3-5,7H,6H2,1-2H3,(H,20,25)(H,22,24). The number of amides is 2. The van der Waals surface area contributed by atoms with E-state index >= 15 is 0 Å². The summed E-state index contributed by atoms with van der Waals surface area (Å²) in [5.41, 5.74) is 2.26. The molecule has 27 heavy (non-hydrogen) atoms. The highest BCUT2D eigenvalue weighted by Gasteiger charge is 2.15. The summed E-state index contributed by atoms with van der Waals surface area (Å²) >= 11 is 1.38. The Morgan fingerprint density at radius 3 is 2.70 bits per heavy atom. The molecule has 0 aliphatic heterocycles. The van der Waals surface area contributed by atoms with Crippen LogP contribution in [0.3, 0.4) is 0 Å². The summed E-state index contributed by atoms with van der Waals surface area (Å²) in [5, 5.41) is 2.62. The molecule has 7 nitrogen and oxygen atoms in total. The molecule has 0 spiro atoms. The van der Waals surface area contributed by atoms with E-state index < -0.39 is 41.1 Å². The smallest absolute Gasteiger partial charge is 0.281 e. The van der Waals surface area contributed by atoms with Gasteiger partial charge in [-0.2, -0.15) is 0 Å². The van der Waals surface area contributed by atoms with Gasteiger partial charge >= 0.3 is 0 Å². The summed E-state index contributed by atoms with van der Waals surface area (Å²) in [6, 6.07) is 2.48. The maximum atomic E-state index is 13.6. The molecule has 0 fully saturated rings. The maximum absolute atomic E-state index is 13.6. The van der Waals surface area contributed by atoms with E-state index in [1.165, 1.54) is 17.7 Å². The third-order valence-corrected chi connectivity index (χ3v) is 5.04. The fourth-order valence-corrected chi connectivity index (χ4v) is 3.41. The number of hydrogen-bond donors (Lipinski definition) is 2. The van der Waals surface area contributed by atoms with Crippen LogP contribution in [0.1, 0.15) is 20.8 Å². The quantitative estimate of drug-likeness (QED) is 0.709. The third-order valence-electron chi connectivity index (χ3n) is 3.92. The number of fused-ring (bicyclic) bond motifs is 1. The van der Waals surface area contributed by atoms with Crippen molar-refractivity contribution in [3.05, 3.63) is 62.5 Å². The highest BCUT2D eigenvalue weighted by molar-refractivity contribution is 7.18. The van der Waals surface area contributed by atoms with E-state index in [4.69, 9.17) is 0 Å². The minimum Gasteiger partial charge on any atom is -0.343 e. The zero-order valence-corrected chi connectivity index (χ0v) is 15.1. The molecule has 2 aromatic heterocycles. The number of halogens is 2. The number of nitrogens with zero attached hydrogens (tertiary/aromatic N) is 2. The van der Waals surface area contributed by atoms with Gasteiger partial charge in [-0.15, -0.1) is 11.3 Å². The molecule has 0 radical (unpaired) electrons. The normalized spacial score (nSPS) is 10.8. The Labute approximate surface area is 155 Å². The number of thiophene rings is 1. The molecule has 0 atom stereocenters. The number of aryl methyl sites for hydroxylation is 2. The second-order valence-corrected chi connectivity index (χ2v) is 6.93. The fraction of sp³-hybridized carbons (Fsp3) is 0.176. The third kappa shape index (κ3) is 3.70. The lowest BCUT2D eigenvalue weighted by Crippen LogP contribution is -2.40. The number of aromatic nitrogens is 2. The van der Waals surface area contributed by atoms with Gasteiger partial charge in [0.15, 0.2) is 0 Å². The van der Waals surface area contributed by atoms with E-state index in [9.17, 15) is 23.2 Å². The van der Waals surface area contributed by atoms with Crippen molar-refractivity contribution in [2.45, 2.75) is 13.8 Å². The van der Waals surface area contributed by atoms with Crippen LogP contribution in [-0.4, -0.2) is 28.0 Å². The van der Waals surface area contributed by atoms with Gasteiger partial charge < -0.3 is 5.32 Å². The predicted molar refractivity (Wildman–Crippen MR) is 96.4 cm³/mol. The van der Waals surface area contributed by atoms with Crippen LogP contribution in [0.4, 0.5) is 8.78 Å². The molecule has 0 aliphatic carbocycles. The Morgan fingerprint density at radius 2 is 2.00 bits per heavy atom. The molecular formula is C17H14F2N4O3S. The Balaban J connectivity index is 1.70. The van der Waals surface area contributed by atoms with Crippen molar-refractivity contribution in [3.63, 3.8) is 0 Å². The van der Waals surface area contributed by atoms with E-state index in [-0.39, 0.29) is 0 Å². The molecule has 0 saturated carbocycles. The lowest BCUT2D eigenvalue weighted by atomic mass is 10.2. The van der Waals surface area contributed by atoms with Gasteiger partial charge in [-0.1, -0.05) is 0 Å². The summed E-state index contributed by atoms with van der Waals surface area (Å²) < 4.78 is 27.4. The molecule has 1 aromatic carbocycles. The van der Waals surface area contributed by atoms with Crippen LogP contribution >= 0.6 is 11.3 Å². The predicted octanol–water partition coefficient (Wildman–Crippen LogP) is 1.85. The Bertz CT molecular complexity index is 1120. The molecule has 0 unspecified atom stereocenters. The van der Waals surface area contributed by atoms with Crippen molar-refractivity contribution in [1.29, 1.82) is 0 Å². The zero-order valence-electron chi connectivity index (χ0n) is 14.3. The van der Waals surface area contributed by atoms with Crippen LogP contribution in [0.15, 0.2) is 29.3 Å². The average molecular weight is 392 g/mol. The molecule has 3 aromatic rings. The van der Waals surface area contributed by atoms with Gasteiger partial charge in [0.1, 0.15) is 22.8 Å². The molecule has 2 heterocycles. The second-order valence-electron chi connectivity index (χ2n) is 5.72. The molecule has 0 aliphatic rings. The highest BCUT2D eigenvalue weighted by atomic mass is 32.1. The van der Waals surface area contributed by atoms with Crippen molar-refractivity contribution in [3.8, 4) is 0 Å². The maximum Gasteiger partial charge on any atom is 0.281 e. The molecule has 10 heteroatoms. The van der Waals surface area contributed by atoms with Gasteiger partial charge in [0.25, 0.3) is 17.4 Å². The van der Waals surface area contributed by atoms with Gasteiger partial charge in [0.2, 0.25) is 0 Å². The molecule has 0 saturated heterocycles. The number of rotatable bonds is 4. The first-order valence-electron chi connectivity index (χ1n) is 7.78. The van der Waals surface area contributed by atoms with Crippen LogP contribution in [0.25, 0.3) is 10.2 Å². The van der Waals surface area contributed by atoms with Gasteiger partial charge in [0, 0.05) is 10.9 Å². The van der Waals surface area contributed by atoms with Gasteiger partial charge in [-0.3, -0.25) is 19.8 Å². The molecule has 0 bridgehead atoms. The second kappa shape index (κ2) is 7.23. The number of benzene rings is 1. The summed E-state index contributed by atoms with van der Waals surface area (Å²) in [6.07, 6.45) is 1.18. The summed E-state index contributed by atoms with van der Waals surface area (Å²) in [6.45, 7) is 3.15. The monoisotopic (exact) mass is 392 g/mol. The summed E-state index contributed by atoms with van der Waals surface area (Å²) in [5.74, 6) is -3.45. The summed E-state index contributed by atoms with van der Waals surface area (Å²) in [7, 11) is 0. The first-order valence-corrected chi connectivity index (χ1v) is 8.60. The Hall–Kier alpha value is -3.14. The molecule has 2 N–H and O–H groups in total. The number of nitrogens with one attached hydrogen (secondary N) is 2. The minimum atomic E-state index is -1.04. The van der Waals surface area contributed by atoms with E-state index in [1.807, 2.05) is 6.92 Å². The fourth-order valence-electron chi connectivity index (χ4n) is 2.42. The number of carbonyl (C=O) groups is 2. The highest BCUT2D eigenvalue weighted by Crippen LogP contribution is 2.25. The van der Waals surface area contributed by atoms with E-state index in [0.717, 1.165) is 27.2 Å². The zero-order chi connectivity index (χ0) is 19.7. The Kier molecular flexibility index (Phi) is 5.00. The van der Waals surface area contributed by atoms with Crippen molar-refractivity contribution in [1.82, 2.24) is 15.0 Å². The van der Waals surface area contributed by atoms with Crippen LogP contribution in [0.5, 0.6) is 0 Å². The molecular weight excluding hydrogens is 378 g/mol. The molecule has 3 rings (SSSR count). The minimum absolute atomic E-state index is 0.395. The van der Waals surface area contributed by atoms with E-state index in [0.29, 0.717) is 16.3 Å². The van der Waals surface area contributed by atoms with Crippen molar-refractivity contribution < 1.29 is 18.4 Å². The van der Waals surface area contributed by atoms with Crippen LogP contribution in [-0.2, 0) is 4.79 Å². The molecule has 140 valence electrons. The van der Waals surface area contributed by atoms with Gasteiger partial charge in [0.05, 0.1) is 17.5 Å². The first kappa shape index (κ1) is 18.6. The SMILES string of the molecule is Cc1sc2ncn(NC(=O)CNC(=O)c3ccc(F)cc3F)c(=O)c2c1C. The lowest BCUT2D eigenvalue weighted by molar-refractivity contribution is -0.116. The van der Waals surface area contributed by atoms with E-state index in [1.54, 1.807) is 6.92 Å². The Morgan fingerprint density at radius 1 is 1.26 bits per heavy atom. The van der Waals surface area contributed by atoms with Crippen LogP contribution in [0.2, 0.25) is 0 Å². The lowest BCUT2D eigenvalue weighted by Gasteiger charge is -2.09.